The van der Waals surface area contributed by atoms with Crippen LogP contribution in [0.5, 0.6) is 5.75 Å². The lowest BCUT2D eigenvalue weighted by Crippen LogP contribution is -2.25. The van der Waals surface area contributed by atoms with Gasteiger partial charge in [-0.3, -0.25) is 4.90 Å². The van der Waals surface area contributed by atoms with Gasteiger partial charge in [0, 0.05) is 18.7 Å². The molecular formula is C18H31NO2. The van der Waals surface area contributed by atoms with Gasteiger partial charge in [-0.2, -0.15) is 0 Å². The summed E-state index contributed by atoms with van der Waals surface area (Å²) in [5, 5.41) is 19.1. The molecule has 0 fully saturated rings. The third kappa shape index (κ3) is 5.68. The molecule has 0 aromatic heterocycles. The number of hydrogen-bond acceptors (Lipinski definition) is 3. The molecule has 1 aromatic rings. The highest BCUT2D eigenvalue weighted by Gasteiger charge is 2.27. The third-order valence-corrected chi connectivity index (χ3v) is 3.76. The Bertz CT molecular complexity index is 461. The van der Waals surface area contributed by atoms with Gasteiger partial charge >= 0.3 is 0 Å². The second-order valence-electron chi connectivity index (χ2n) is 7.93. The van der Waals surface area contributed by atoms with E-state index in [2.05, 4.69) is 40.7 Å². The predicted octanol–water partition coefficient (Wildman–Crippen LogP) is 3.53. The molecule has 3 heteroatoms. The number of rotatable bonds is 6. The lowest BCUT2D eigenvalue weighted by Gasteiger charge is -2.33. The Morgan fingerprint density at radius 2 is 1.71 bits per heavy atom. The quantitative estimate of drug-likeness (QED) is 0.843. The summed E-state index contributed by atoms with van der Waals surface area (Å²) in [7, 11) is 1.95. The average molecular weight is 293 g/mol. The number of hydrogen-bond donors (Lipinski definition) is 2. The van der Waals surface area contributed by atoms with E-state index in [1.165, 1.54) is 5.56 Å². The van der Waals surface area contributed by atoms with Crippen LogP contribution in [0.4, 0.5) is 0 Å². The molecule has 0 amide bonds. The standard InChI is InChI=1S/C18H31NO2/c1-17(2,3)13-18(4,5)15-7-8-16(21)14(11-15)12-19(6)9-10-20/h7-8,11,20-21H,9-10,12-13H2,1-6H3. The molecule has 3 nitrogen and oxygen atoms in total. The Morgan fingerprint density at radius 3 is 2.24 bits per heavy atom. The van der Waals surface area contributed by atoms with Crippen LogP contribution in [0.25, 0.3) is 0 Å². The minimum absolute atomic E-state index is 0.0657. The molecule has 0 radical (unpaired) electrons. The van der Waals surface area contributed by atoms with E-state index in [1.54, 1.807) is 6.07 Å². The van der Waals surface area contributed by atoms with Crippen molar-refractivity contribution in [3.05, 3.63) is 29.3 Å². The van der Waals surface area contributed by atoms with Crippen molar-refractivity contribution in [2.24, 2.45) is 5.41 Å². The second-order valence-corrected chi connectivity index (χ2v) is 7.93. The van der Waals surface area contributed by atoms with Crippen LogP contribution in [0.1, 0.15) is 52.2 Å². The van der Waals surface area contributed by atoms with E-state index in [0.717, 1.165) is 12.0 Å². The van der Waals surface area contributed by atoms with Crippen molar-refractivity contribution in [3.8, 4) is 5.75 Å². The lowest BCUT2D eigenvalue weighted by molar-refractivity contribution is 0.216. The van der Waals surface area contributed by atoms with Crippen molar-refractivity contribution in [2.75, 3.05) is 20.2 Å². The molecule has 1 aromatic carbocycles. The minimum Gasteiger partial charge on any atom is -0.508 e. The normalized spacial score (nSPS) is 13.0. The van der Waals surface area contributed by atoms with Crippen molar-refractivity contribution in [2.45, 2.75) is 53.0 Å². The molecule has 0 atom stereocenters. The molecule has 0 aliphatic rings. The number of benzene rings is 1. The average Bonchev–Trinajstić information content (AvgIpc) is 2.29. The molecular weight excluding hydrogens is 262 g/mol. The monoisotopic (exact) mass is 293 g/mol. The highest BCUT2D eigenvalue weighted by molar-refractivity contribution is 5.39. The predicted molar refractivity (Wildman–Crippen MR) is 88.6 cm³/mol. The second kappa shape index (κ2) is 6.80. The molecule has 0 spiro atoms. The maximum Gasteiger partial charge on any atom is 0.120 e. The molecule has 2 N–H and O–H groups in total. The van der Waals surface area contributed by atoms with E-state index >= 15 is 0 Å². The van der Waals surface area contributed by atoms with Crippen molar-refractivity contribution in [1.82, 2.24) is 4.90 Å². The zero-order valence-corrected chi connectivity index (χ0v) is 14.4. The van der Waals surface area contributed by atoms with Crippen LogP contribution >= 0.6 is 0 Å². The van der Waals surface area contributed by atoms with Crippen molar-refractivity contribution in [1.29, 1.82) is 0 Å². The smallest absolute Gasteiger partial charge is 0.120 e. The van der Waals surface area contributed by atoms with E-state index in [0.29, 0.717) is 18.8 Å². The first-order valence-electron chi connectivity index (χ1n) is 7.67. The van der Waals surface area contributed by atoms with Crippen LogP contribution in [0.3, 0.4) is 0 Å². The van der Waals surface area contributed by atoms with E-state index in [4.69, 9.17) is 5.11 Å². The minimum atomic E-state index is 0.0657. The number of aliphatic hydroxyl groups is 1. The van der Waals surface area contributed by atoms with Crippen LogP contribution in [-0.2, 0) is 12.0 Å². The first-order valence-corrected chi connectivity index (χ1v) is 7.67. The van der Waals surface area contributed by atoms with E-state index in [9.17, 15) is 5.11 Å². The zero-order chi connectivity index (χ0) is 16.3. The molecule has 21 heavy (non-hydrogen) atoms. The molecule has 0 saturated carbocycles. The Kier molecular flexibility index (Phi) is 5.83. The van der Waals surface area contributed by atoms with Gasteiger partial charge in [0.05, 0.1) is 6.61 Å². The molecule has 1 rings (SSSR count). The first kappa shape index (κ1) is 18.0. The summed E-state index contributed by atoms with van der Waals surface area (Å²) < 4.78 is 0. The van der Waals surface area contributed by atoms with Crippen molar-refractivity contribution < 1.29 is 10.2 Å². The lowest BCUT2D eigenvalue weighted by atomic mass is 9.72. The van der Waals surface area contributed by atoms with Crippen LogP contribution in [0.15, 0.2) is 18.2 Å². The van der Waals surface area contributed by atoms with E-state index in [-0.39, 0.29) is 17.4 Å². The first-order chi connectivity index (χ1) is 9.55. The number of phenols is 1. The summed E-state index contributed by atoms with van der Waals surface area (Å²) in [5.41, 5.74) is 2.50. The van der Waals surface area contributed by atoms with E-state index < -0.39 is 0 Å². The number of aromatic hydroxyl groups is 1. The van der Waals surface area contributed by atoms with E-state index in [1.807, 2.05) is 18.0 Å². The summed E-state index contributed by atoms with van der Waals surface area (Å²) in [6.07, 6.45) is 1.08. The fourth-order valence-electron chi connectivity index (χ4n) is 3.10. The summed E-state index contributed by atoms with van der Waals surface area (Å²) in [6.45, 7) is 12.7. The summed E-state index contributed by atoms with van der Waals surface area (Å²) in [6, 6.07) is 5.92. The van der Waals surface area contributed by atoms with Gasteiger partial charge in [-0.15, -0.1) is 0 Å². The zero-order valence-electron chi connectivity index (χ0n) is 14.4. The van der Waals surface area contributed by atoms with Gasteiger partial charge < -0.3 is 10.2 Å². The maximum absolute atomic E-state index is 10.1. The number of phenolic OH excluding ortho intramolecular Hbond substituents is 1. The fraction of sp³-hybridized carbons (Fsp3) is 0.667. The van der Waals surface area contributed by atoms with Crippen molar-refractivity contribution >= 4 is 0 Å². The third-order valence-electron chi connectivity index (χ3n) is 3.76. The Labute approximate surface area is 129 Å². The molecule has 120 valence electrons. The molecule has 0 aliphatic carbocycles. The molecule has 0 aliphatic heterocycles. The topological polar surface area (TPSA) is 43.7 Å². The van der Waals surface area contributed by atoms with Gasteiger partial charge in [-0.05, 0) is 35.9 Å². The molecule has 0 saturated heterocycles. The molecule has 0 heterocycles. The van der Waals surface area contributed by atoms with Gasteiger partial charge in [0.25, 0.3) is 0 Å². The van der Waals surface area contributed by atoms with Gasteiger partial charge in [-0.1, -0.05) is 46.8 Å². The van der Waals surface area contributed by atoms with Crippen LogP contribution in [0, 0.1) is 5.41 Å². The largest absolute Gasteiger partial charge is 0.508 e. The molecule has 0 bridgehead atoms. The SMILES string of the molecule is CN(CCO)Cc1cc(C(C)(C)CC(C)(C)C)ccc1O. The van der Waals surface area contributed by atoms with Gasteiger partial charge in [0.2, 0.25) is 0 Å². The molecule has 0 unspecified atom stereocenters. The number of aliphatic hydroxyl groups excluding tert-OH is 1. The summed E-state index contributed by atoms with van der Waals surface area (Å²) in [4.78, 5) is 2.01. The summed E-state index contributed by atoms with van der Waals surface area (Å²) >= 11 is 0. The maximum atomic E-state index is 10.1. The summed E-state index contributed by atoms with van der Waals surface area (Å²) in [5.74, 6) is 0.329. The van der Waals surface area contributed by atoms with Crippen LogP contribution in [0.2, 0.25) is 0 Å². The van der Waals surface area contributed by atoms with Gasteiger partial charge in [0.1, 0.15) is 5.75 Å². The van der Waals surface area contributed by atoms with Crippen LogP contribution in [-0.4, -0.2) is 35.3 Å². The highest BCUT2D eigenvalue weighted by Crippen LogP contribution is 2.37. The van der Waals surface area contributed by atoms with Gasteiger partial charge in [0.15, 0.2) is 0 Å². The number of nitrogens with zero attached hydrogens (tertiary/aromatic N) is 1. The Hall–Kier alpha value is -1.06. The Morgan fingerprint density at radius 1 is 1.10 bits per heavy atom. The number of likely N-dealkylation sites (N-methyl/N-ethyl adjacent to an activating group) is 1. The Balaban J connectivity index is 3.00. The highest BCUT2D eigenvalue weighted by atomic mass is 16.3. The van der Waals surface area contributed by atoms with Crippen LogP contribution < -0.4 is 0 Å². The van der Waals surface area contributed by atoms with Gasteiger partial charge in [-0.25, -0.2) is 0 Å². The fourth-order valence-corrected chi connectivity index (χ4v) is 3.10. The van der Waals surface area contributed by atoms with Crippen molar-refractivity contribution in [3.63, 3.8) is 0 Å².